The van der Waals surface area contributed by atoms with Crippen LogP contribution in [0.5, 0.6) is 5.75 Å². The fourth-order valence-electron chi connectivity index (χ4n) is 3.55. The molecule has 0 aliphatic rings. The third-order valence-electron chi connectivity index (χ3n) is 5.25. The second-order valence-corrected chi connectivity index (χ2v) is 9.33. The molecule has 4 rings (SSSR count). The second-order valence-electron chi connectivity index (χ2n) is 8.89. The zero-order valence-corrected chi connectivity index (χ0v) is 19.9. The number of H-pyrrole nitrogens is 1. The Morgan fingerprint density at radius 1 is 1.09 bits per heavy atom. The normalized spacial score (nSPS) is 11.7. The number of likely N-dealkylation sites (N-methyl/N-ethyl adjacent to an activating group) is 1. The van der Waals surface area contributed by atoms with Crippen molar-refractivity contribution in [3.05, 3.63) is 70.4 Å². The van der Waals surface area contributed by atoms with Gasteiger partial charge in [-0.15, -0.1) is 0 Å². The molecule has 0 saturated carbocycles. The minimum Gasteiger partial charge on any atom is -0.493 e. The Kier molecular flexibility index (Phi) is 6.87. The zero-order chi connectivity index (χ0) is 22.7. The number of imidazole rings is 1. The SMILES string of the molecule is CC(C)COc1ccc(Cl)cc1Cc1ccc(-c2nc3ccc(CCN(C)C)cc3[nH]2)o1. The lowest BCUT2D eigenvalue weighted by molar-refractivity contribution is 0.268. The van der Waals surface area contributed by atoms with Crippen LogP contribution in [0, 0.1) is 5.92 Å². The second kappa shape index (κ2) is 9.80. The summed E-state index contributed by atoms with van der Waals surface area (Å²) in [7, 11) is 4.17. The van der Waals surface area contributed by atoms with Gasteiger partial charge < -0.3 is 19.0 Å². The number of aromatic amines is 1. The van der Waals surface area contributed by atoms with E-state index >= 15 is 0 Å². The van der Waals surface area contributed by atoms with E-state index < -0.39 is 0 Å². The van der Waals surface area contributed by atoms with Crippen molar-refractivity contribution in [3.63, 3.8) is 0 Å². The molecule has 0 saturated heterocycles. The predicted octanol–water partition coefficient (Wildman–Crippen LogP) is 6.21. The van der Waals surface area contributed by atoms with Crippen LogP contribution in [0.4, 0.5) is 0 Å². The van der Waals surface area contributed by atoms with Crippen LogP contribution in [-0.4, -0.2) is 42.1 Å². The van der Waals surface area contributed by atoms with Gasteiger partial charge in [-0.2, -0.15) is 0 Å². The van der Waals surface area contributed by atoms with Crippen LogP contribution >= 0.6 is 11.6 Å². The first kappa shape index (κ1) is 22.4. The average Bonchev–Trinajstić information content (AvgIpc) is 3.38. The maximum atomic E-state index is 6.24. The van der Waals surface area contributed by atoms with Gasteiger partial charge in [0.25, 0.3) is 0 Å². The summed E-state index contributed by atoms with van der Waals surface area (Å²) in [5, 5.41) is 0.686. The van der Waals surface area contributed by atoms with Gasteiger partial charge >= 0.3 is 0 Å². The summed E-state index contributed by atoms with van der Waals surface area (Å²) in [6, 6.07) is 16.0. The Morgan fingerprint density at radius 3 is 2.72 bits per heavy atom. The number of rotatable bonds is 9. The molecule has 32 heavy (non-hydrogen) atoms. The number of aromatic nitrogens is 2. The van der Waals surface area contributed by atoms with E-state index in [0.717, 1.165) is 52.7 Å². The van der Waals surface area contributed by atoms with E-state index in [1.54, 1.807) is 0 Å². The Labute approximate surface area is 194 Å². The third-order valence-corrected chi connectivity index (χ3v) is 5.48. The fraction of sp³-hybridized carbons (Fsp3) is 0.346. The largest absolute Gasteiger partial charge is 0.493 e. The first-order valence-corrected chi connectivity index (χ1v) is 11.4. The standard InChI is InChI=1S/C26H30ClN3O2/c1-17(2)16-31-24-9-6-20(27)14-19(24)15-21-7-10-25(32-21)26-28-22-8-5-18(11-12-30(3)4)13-23(22)29-26/h5-10,13-14,17H,11-12,15-16H2,1-4H3,(H,28,29). The van der Waals surface area contributed by atoms with Gasteiger partial charge in [0.1, 0.15) is 11.5 Å². The molecule has 168 valence electrons. The van der Waals surface area contributed by atoms with Gasteiger partial charge in [-0.3, -0.25) is 0 Å². The van der Waals surface area contributed by atoms with Gasteiger partial charge in [-0.05, 0) is 74.5 Å². The van der Waals surface area contributed by atoms with Crippen LogP contribution in [0.25, 0.3) is 22.6 Å². The molecule has 5 nitrogen and oxygen atoms in total. The van der Waals surface area contributed by atoms with Gasteiger partial charge in [0.2, 0.25) is 0 Å². The molecule has 0 aliphatic carbocycles. The molecule has 0 atom stereocenters. The van der Waals surface area contributed by atoms with Crippen LogP contribution in [0.15, 0.2) is 52.9 Å². The molecular formula is C26H30ClN3O2. The summed E-state index contributed by atoms with van der Waals surface area (Å²) in [5.74, 6) is 3.58. The average molecular weight is 452 g/mol. The summed E-state index contributed by atoms with van der Waals surface area (Å²) in [6.07, 6.45) is 1.60. The molecule has 0 spiro atoms. The Balaban J connectivity index is 1.53. The zero-order valence-electron chi connectivity index (χ0n) is 19.1. The number of benzene rings is 2. The Morgan fingerprint density at radius 2 is 1.94 bits per heavy atom. The Bertz CT molecular complexity index is 1190. The first-order chi connectivity index (χ1) is 15.4. The molecule has 2 heterocycles. The number of nitrogens with one attached hydrogen (secondary N) is 1. The highest BCUT2D eigenvalue weighted by Crippen LogP contribution is 2.29. The van der Waals surface area contributed by atoms with Crippen LogP contribution in [0.2, 0.25) is 5.02 Å². The summed E-state index contributed by atoms with van der Waals surface area (Å²) in [5.41, 5.74) is 4.25. The number of nitrogens with zero attached hydrogens (tertiary/aromatic N) is 2. The molecule has 2 aromatic carbocycles. The monoisotopic (exact) mass is 451 g/mol. The molecule has 2 aromatic heterocycles. The van der Waals surface area contributed by atoms with E-state index in [9.17, 15) is 0 Å². The van der Waals surface area contributed by atoms with E-state index in [1.165, 1.54) is 5.56 Å². The lowest BCUT2D eigenvalue weighted by atomic mass is 10.1. The molecule has 0 unspecified atom stereocenters. The van der Waals surface area contributed by atoms with Crippen molar-refractivity contribution in [2.45, 2.75) is 26.7 Å². The van der Waals surface area contributed by atoms with Crippen molar-refractivity contribution in [3.8, 4) is 17.3 Å². The minimum absolute atomic E-state index is 0.449. The van der Waals surface area contributed by atoms with Crippen molar-refractivity contribution >= 4 is 22.6 Å². The number of halogens is 1. The quantitative estimate of drug-likeness (QED) is 0.329. The van der Waals surface area contributed by atoms with Crippen molar-refractivity contribution in [2.24, 2.45) is 5.92 Å². The molecule has 0 bridgehead atoms. The Hall–Kier alpha value is -2.76. The van der Waals surface area contributed by atoms with Crippen molar-refractivity contribution < 1.29 is 9.15 Å². The molecule has 4 aromatic rings. The van der Waals surface area contributed by atoms with E-state index in [1.807, 2.05) is 30.3 Å². The number of hydrogen-bond donors (Lipinski definition) is 1. The molecule has 0 amide bonds. The third kappa shape index (κ3) is 5.53. The highest BCUT2D eigenvalue weighted by atomic mass is 35.5. The predicted molar refractivity (Wildman–Crippen MR) is 131 cm³/mol. The maximum Gasteiger partial charge on any atom is 0.174 e. The van der Waals surface area contributed by atoms with Gasteiger partial charge in [-0.25, -0.2) is 4.98 Å². The number of hydrogen-bond acceptors (Lipinski definition) is 4. The summed E-state index contributed by atoms with van der Waals surface area (Å²) in [6.45, 7) is 5.94. The molecule has 0 radical (unpaired) electrons. The smallest absolute Gasteiger partial charge is 0.174 e. The van der Waals surface area contributed by atoms with Crippen LogP contribution < -0.4 is 4.74 Å². The van der Waals surface area contributed by atoms with Gasteiger partial charge in [0.15, 0.2) is 11.6 Å². The van der Waals surface area contributed by atoms with Crippen molar-refractivity contribution in [1.29, 1.82) is 0 Å². The van der Waals surface area contributed by atoms with E-state index in [-0.39, 0.29) is 0 Å². The highest BCUT2D eigenvalue weighted by molar-refractivity contribution is 6.30. The fourth-order valence-corrected chi connectivity index (χ4v) is 3.75. The lowest BCUT2D eigenvalue weighted by Crippen LogP contribution is -2.14. The molecule has 1 N–H and O–H groups in total. The first-order valence-electron chi connectivity index (χ1n) is 11.0. The summed E-state index contributed by atoms with van der Waals surface area (Å²) in [4.78, 5) is 10.3. The molecule has 6 heteroatoms. The van der Waals surface area contributed by atoms with E-state index in [4.69, 9.17) is 25.7 Å². The number of fused-ring (bicyclic) bond motifs is 1. The molecular weight excluding hydrogens is 422 g/mol. The summed E-state index contributed by atoms with van der Waals surface area (Å²) >= 11 is 6.24. The van der Waals surface area contributed by atoms with Gasteiger partial charge in [-0.1, -0.05) is 31.5 Å². The number of furan rings is 1. The van der Waals surface area contributed by atoms with Crippen molar-refractivity contribution in [2.75, 3.05) is 27.2 Å². The van der Waals surface area contributed by atoms with Gasteiger partial charge in [0, 0.05) is 23.6 Å². The van der Waals surface area contributed by atoms with E-state index in [0.29, 0.717) is 24.0 Å². The van der Waals surface area contributed by atoms with Crippen LogP contribution in [0.1, 0.15) is 30.7 Å². The topological polar surface area (TPSA) is 54.3 Å². The van der Waals surface area contributed by atoms with Crippen LogP contribution in [0.3, 0.4) is 0 Å². The molecule has 0 aliphatic heterocycles. The minimum atomic E-state index is 0.449. The summed E-state index contributed by atoms with van der Waals surface area (Å²) < 4.78 is 12.1. The van der Waals surface area contributed by atoms with Crippen LogP contribution in [-0.2, 0) is 12.8 Å². The van der Waals surface area contributed by atoms with Gasteiger partial charge in [0.05, 0.1) is 17.6 Å². The molecule has 0 fully saturated rings. The maximum absolute atomic E-state index is 6.24. The van der Waals surface area contributed by atoms with E-state index in [2.05, 4.69) is 56.0 Å². The highest BCUT2D eigenvalue weighted by Gasteiger charge is 2.13. The lowest BCUT2D eigenvalue weighted by Gasteiger charge is -2.13. The number of ether oxygens (including phenoxy) is 1. The van der Waals surface area contributed by atoms with Crippen molar-refractivity contribution in [1.82, 2.24) is 14.9 Å².